The van der Waals surface area contributed by atoms with E-state index in [0.29, 0.717) is 30.1 Å². The van der Waals surface area contributed by atoms with Gasteiger partial charge in [-0.3, -0.25) is 9.69 Å². The highest BCUT2D eigenvalue weighted by Crippen LogP contribution is 2.26. The first-order valence-corrected chi connectivity index (χ1v) is 13.0. The Hall–Kier alpha value is -0.720. The van der Waals surface area contributed by atoms with Gasteiger partial charge in [0.05, 0.1) is 12.5 Å². The van der Waals surface area contributed by atoms with Gasteiger partial charge in [0.1, 0.15) is 20.3 Å². The summed E-state index contributed by atoms with van der Waals surface area (Å²) in [5.74, 6) is 1.82. The van der Waals surface area contributed by atoms with Crippen LogP contribution in [0.3, 0.4) is 0 Å². The van der Waals surface area contributed by atoms with E-state index in [-0.39, 0.29) is 11.9 Å². The molecule has 3 atom stereocenters. The highest BCUT2D eigenvalue weighted by molar-refractivity contribution is 7.81. The molecule has 0 N–H and O–H groups in total. The lowest BCUT2D eigenvalue weighted by atomic mass is 9.87. The van der Waals surface area contributed by atoms with Crippen LogP contribution in [0.25, 0.3) is 0 Å². The zero-order valence-corrected chi connectivity index (χ0v) is 21.9. The molecule has 178 valence electrons. The van der Waals surface area contributed by atoms with Crippen molar-refractivity contribution < 1.29 is 14.1 Å². The van der Waals surface area contributed by atoms with E-state index < -0.39 is 0 Å². The second-order valence-corrected chi connectivity index (χ2v) is 9.98. The fraction of sp³-hybridized carbons (Fsp3) is 0.760. The predicted octanol–water partition coefficient (Wildman–Crippen LogP) is 4.76. The number of carbonyl (C=O) groups excluding carboxylic acids is 1. The summed E-state index contributed by atoms with van der Waals surface area (Å²) in [4.78, 5) is 14.3. The Morgan fingerprint density at radius 1 is 1.26 bits per heavy atom. The number of nitrogens with zero attached hydrogens (tertiary/aromatic N) is 2. The molecule has 4 nitrogen and oxygen atoms in total. The summed E-state index contributed by atoms with van der Waals surface area (Å²) in [5.41, 5.74) is 1.48. The Morgan fingerprint density at radius 2 is 1.97 bits per heavy atom. The average molecular weight is 470 g/mol. The first-order valence-electron chi connectivity index (χ1n) is 11.8. The third kappa shape index (κ3) is 11.6. The van der Waals surface area contributed by atoms with Crippen molar-refractivity contribution in [3.63, 3.8) is 0 Å². The van der Waals surface area contributed by atoms with Crippen LogP contribution in [-0.2, 0) is 9.53 Å². The van der Waals surface area contributed by atoms with Crippen LogP contribution >= 0.6 is 25.3 Å². The van der Waals surface area contributed by atoms with Gasteiger partial charge < -0.3 is 4.74 Å². The zero-order valence-electron chi connectivity index (χ0n) is 20.1. The minimum atomic E-state index is -0.207. The van der Waals surface area contributed by atoms with Crippen molar-refractivity contribution in [1.29, 1.82) is 0 Å². The van der Waals surface area contributed by atoms with Crippen molar-refractivity contribution in [2.45, 2.75) is 58.4 Å². The number of ether oxygens (including phenoxy) is 1. The lowest BCUT2D eigenvalue weighted by molar-refractivity contribution is -0.488. The molecule has 0 aliphatic heterocycles. The van der Waals surface area contributed by atoms with Gasteiger partial charge in [-0.1, -0.05) is 44.1 Å². The van der Waals surface area contributed by atoms with E-state index in [1.165, 1.54) is 31.3 Å². The highest BCUT2D eigenvalue weighted by atomic mass is 32.1. The van der Waals surface area contributed by atoms with Crippen LogP contribution in [0.4, 0.5) is 0 Å². The lowest BCUT2D eigenvalue weighted by Gasteiger charge is -2.32. The molecule has 0 aromatic heterocycles. The second-order valence-electron chi connectivity index (χ2n) is 9.25. The predicted molar refractivity (Wildman–Crippen MR) is 140 cm³/mol. The van der Waals surface area contributed by atoms with Gasteiger partial charge in [-0.2, -0.15) is 25.3 Å². The van der Waals surface area contributed by atoms with Gasteiger partial charge in [-0.25, -0.2) is 4.58 Å². The Morgan fingerprint density at radius 3 is 2.58 bits per heavy atom. The van der Waals surface area contributed by atoms with E-state index in [9.17, 15) is 4.79 Å². The van der Waals surface area contributed by atoms with Gasteiger partial charge in [-0.05, 0) is 51.1 Å². The molecule has 1 aliphatic carbocycles. The summed E-state index contributed by atoms with van der Waals surface area (Å²) < 4.78 is 7.37. The summed E-state index contributed by atoms with van der Waals surface area (Å²) >= 11 is 8.34. The largest absolute Gasteiger partial charge is 0.465 e. The van der Waals surface area contributed by atoms with Crippen molar-refractivity contribution in [1.82, 2.24) is 4.90 Å². The Labute approximate surface area is 202 Å². The molecular weight excluding hydrogens is 424 g/mol. The standard InChI is InChI=1S/C25H44N2O2S2/c1-20(10-6-7-13-26(3)4)16-22-11-12-24(21(2)17-22)27(5)14-8-9-15-29-25(28)23(18-30)19-31/h11-12,17,20-21,23-24H,3,6-10,13-16,18-19H2,1-2,4-5H3,(H-,30,31)/p+1. The van der Waals surface area contributed by atoms with Gasteiger partial charge in [0.2, 0.25) is 0 Å². The molecule has 6 heteroatoms. The van der Waals surface area contributed by atoms with Crippen LogP contribution in [0.2, 0.25) is 0 Å². The molecule has 0 bridgehead atoms. The quantitative estimate of drug-likeness (QED) is 0.112. The van der Waals surface area contributed by atoms with Crippen LogP contribution in [0.15, 0.2) is 23.8 Å². The summed E-state index contributed by atoms with van der Waals surface area (Å²) in [6.45, 7) is 11.2. The third-order valence-corrected chi connectivity index (χ3v) is 6.91. The third-order valence-electron chi connectivity index (χ3n) is 6.03. The summed E-state index contributed by atoms with van der Waals surface area (Å²) in [5, 5.41) is 0. The maximum Gasteiger partial charge on any atom is 0.310 e. The zero-order chi connectivity index (χ0) is 23.2. The highest BCUT2D eigenvalue weighted by Gasteiger charge is 2.21. The summed E-state index contributed by atoms with van der Waals surface area (Å²) in [7, 11) is 4.23. The monoisotopic (exact) mass is 469 g/mol. The maximum atomic E-state index is 11.8. The molecule has 31 heavy (non-hydrogen) atoms. The summed E-state index contributed by atoms with van der Waals surface area (Å²) in [6, 6.07) is 0.437. The van der Waals surface area contributed by atoms with Gasteiger partial charge >= 0.3 is 5.97 Å². The Balaban J connectivity index is 2.28. The molecule has 0 aromatic carbocycles. The number of carbonyl (C=O) groups is 1. The van der Waals surface area contributed by atoms with Crippen LogP contribution in [0, 0.1) is 17.8 Å². The normalized spacial score (nSPS) is 19.5. The minimum Gasteiger partial charge on any atom is -0.465 e. The lowest BCUT2D eigenvalue weighted by Crippen LogP contribution is -2.36. The van der Waals surface area contributed by atoms with Crippen molar-refractivity contribution in [2.24, 2.45) is 17.8 Å². The first-order chi connectivity index (χ1) is 14.8. The molecule has 1 aliphatic rings. The van der Waals surface area contributed by atoms with E-state index in [4.69, 9.17) is 4.74 Å². The Kier molecular flexibility index (Phi) is 14.6. The summed E-state index contributed by atoms with van der Waals surface area (Å²) in [6.07, 6.45) is 14.0. The molecule has 0 spiro atoms. The maximum absolute atomic E-state index is 11.8. The fourth-order valence-corrected chi connectivity index (χ4v) is 4.82. The van der Waals surface area contributed by atoms with E-state index in [0.717, 1.165) is 31.8 Å². The van der Waals surface area contributed by atoms with E-state index in [1.54, 1.807) is 0 Å². The molecule has 0 fully saturated rings. The molecule has 0 saturated heterocycles. The SMILES string of the molecule is C=[N+](C)CCCCC(C)CC1=CC(C)C(N(C)CCCCOC(=O)C(CS)CS)C=C1. The number of hydrogen-bond donors (Lipinski definition) is 2. The molecule has 0 amide bonds. The minimum absolute atomic E-state index is 0.177. The van der Waals surface area contributed by atoms with Crippen LogP contribution in [0.5, 0.6) is 0 Å². The number of unbranched alkanes of at least 4 members (excludes halogenated alkanes) is 2. The first kappa shape index (κ1) is 28.3. The van der Waals surface area contributed by atoms with Gasteiger partial charge in [-0.15, -0.1) is 0 Å². The number of rotatable bonds is 16. The molecule has 3 unspecified atom stereocenters. The van der Waals surface area contributed by atoms with Crippen LogP contribution in [-0.4, -0.2) is 73.5 Å². The van der Waals surface area contributed by atoms with Crippen molar-refractivity contribution >= 4 is 37.9 Å². The molecule has 0 heterocycles. The van der Waals surface area contributed by atoms with Gasteiger partial charge in [0, 0.05) is 24.0 Å². The second kappa shape index (κ2) is 16.0. The van der Waals surface area contributed by atoms with E-state index in [1.807, 2.05) is 11.6 Å². The number of esters is 1. The molecule has 0 radical (unpaired) electrons. The smallest absolute Gasteiger partial charge is 0.310 e. The topological polar surface area (TPSA) is 32.5 Å². The fourth-order valence-electron chi connectivity index (χ4n) is 4.06. The molecule has 0 saturated carbocycles. The number of hydrogen-bond acceptors (Lipinski definition) is 5. The van der Waals surface area contributed by atoms with Crippen molar-refractivity contribution in [3.8, 4) is 0 Å². The van der Waals surface area contributed by atoms with Gasteiger partial charge in [0.25, 0.3) is 0 Å². The van der Waals surface area contributed by atoms with E-state index >= 15 is 0 Å². The molecule has 0 aromatic rings. The van der Waals surface area contributed by atoms with Crippen LogP contribution in [0.1, 0.15) is 52.4 Å². The number of thiol groups is 2. The number of likely N-dealkylation sites (N-methyl/N-ethyl adjacent to an activating group) is 1. The van der Waals surface area contributed by atoms with Crippen molar-refractivity contribution in [2.75, 3.05) is 45.3 Å². The Bertz CT molecular complexity index is 602. The molecular formula is C25H45N2O2S2+. The van der Waals surface area contributed by atoms with E-state index in [2.05, 4.69) is 76.0 Å². The average Bonchev–Trinajstić information content (AvgIpc) is 2.71. The van der Waals surface area contributed by atoms with Gasteiger partial charge in [0.15, 0.2) is 0 Å². The van der Waals surface area contributed by atoms with Crippen LogP contribution < -0.4 is 0 Å². The number of allylic oxidation sites excluding steroid dienone is 2. The van der Waals surface area contributed by atoms with Crippen molar-refractivity contribution in [3.05, 3.63) is 23.8 Å². The molecule has 1 rings (SSSR count).